The molecule has 0 aliphatic rings. The fourth-order valence-corrected chi connectivity index (χ4v) is 1.39. The number of hydrogen-bond donors (Lipinski definition) is 1. The molecule has 1 aromatic heterocycles. The lowest BCUT2D eigenvalue weighted by molar-refractivity contribution is 0.340. The summed E-state index contributed by atoms with van der Waals surface area (Å²) in [6.45, 7) is 2.59. The molecular formula is C12H12N2O2. The Kier molecular flexibility index (Phi) is 3.00. The van der Waals surface area contributed by atoms with Crippen molar-refractivity contribution in [3.63, 3.8) is 0 Å². The minimum absolute atomic E-state index is 0.199. The lowest BCUT2D eigenvalue weighted by atomic mass is 10.1. The molecule has 0 aliphatic heterocycles. The second-order valence-corrected chi connectivity index (χ2v) is 3.25. The van der Waals surface area contributed by atoms with Gasteiger partial charge < -0.3 is 9.72 Å². The van der Waals surface area contributed by atoms with Gasteiger partial charge in [0.1, 0.15) is 5.75 Å². The lowest BCUT2D eigenvalue weighted by Gasteiger charge is -2.04. The van der Waals surface area contributed by atoms with Gasteiger partial charge in [0.2, 0.25) is 0 Å². The molecule has 0 fully saturated rings. The predicted molar refractivity (Wildman–Crippen MR) is 61.5 cm³/mol. The molecule has 0 saturated carbocycles. The van der Waals surface area contributed by atoms with Gasteiger partial charge in [-0.2, -0.15) is 0 Å². The van der Waals surface area contributed by atoms with E-state index in [4.69, 9.17) is 4.74 Å². The SMILES string of the molecule is CCOc1ccc(-c2c[nH]c(=O)cn2)cc1. The molecule has 4 heteroatoms. The number of benzene rings is 1. The van der Waals surface area contributed by atoms with E-state index in [-0.39, 0.29) is 5.56 Å². The number of ether oxygens (including phenoxy) is 1. The quantitative estimate of drug-likeness (QED) is 0.851. The largest absolute Gasteiger partial charge is 0.494 e. The molecular weight excluding hydrogens is 204 g/mol. The van der Waals surface area contributed by atoms with E-state index in [1.807, 2.05) is 31.2 Å². The smallest absolute Gasteiger partial charge is 0.266 e. The maximum atomic E-state index is 10.9. The molecule has 0 amide bonds. The van der Waals surface area contributed by atoms with Crippen LogP contribution in [0.5, 0.6) is 5.75 Å². The number of nitrogens with one attached hydrogen (secondary N) is 1. The standard InChI is InChI=1S/C12H12N2O2/c1-2-16-10-5-3-9(4-6-10)11-7-14-12(15)8-13-11/h3-8H,2H2,1H3,(H,14,15). The summed E-state index contributed by atoms with van der Waals surface area (Å²) in [5.41, 5.74) is 1.48. The van der Waals surface area contributed by atoms with Crippen LogP contribution in [-0.4, -0.2) is 16.6 Å². The summed E-state index contributed by atoms with van der Waals surface area (Å²) in [7, 11) is 0. The normalized spacial score (nSPS) is 10.1. The lowest BCUT2D eigenvalue weighted by Crippen LogP contribution is -2.04. The first-order valence-corrected chi connectivity index (χ1v) is 5.07. The third-order valence-electron chi connectivity index (χ3n) is 2.13. The number of aromatic amines is 1. The van der Waals surface area contributed by atoms with Gasteiger partial charge in [-0.3, -0.25) is 4.79 Å². The van der Waals surface area contributed by atoms with Crippen molar-refractivity contribution in [3.05, 3.63) is 47.0 Å². The van der Waals surface area contributed by atoms with Crippen molar-refractivity contribution in [1.29, 1.82) is 0 Å². The van der Waals surface area contributed by atoms with E-state index in [2.05, 4.69) is 9.97 Å². The van der Waals surface area contributed by atoms with Crippen LogP contribution in [0, 0.1) is 0 Å². The van der Waals surface area contributed by atoms with Gasteiger partial charge in [0.25, 0.3) is 5.56 Å². The Labute approximate surface area is 92.9 Å². The van der Waals surface area contributed by atoms with Crippen LogP contribution >= 0.6 is 0 Å². The number of rotatable bonds is 3. The molecule has 2 aromatic rings. The first kappa shape index (κ1) is 10.4. The monoisotopic (exact) mass is 216 g/mol. The highest BCUT2D eigenvalue weighted by atomic mass is 16.5. The summed E-state index contributed by atoms with van der Waals surface area (Å²) in [6.07, 6.45) is 2.86. The van der Waals surface area contributed by atoms with Crippen molar-refractivity contribution in [3.8, 4) is 17.0 Å². The van der Waals surface area contributed by atoms with Gasteiger partial charge >= 0.3 is 0 Å². The molecule has 4 nitrogen and oxygen atoms in total. The fourth-order valence-electron chi connectivity index (χ4n) is 1.39. The third-order valence-corrected chi connectivity index (χ3v) is 2.13. The Bertz CT molecular complexity index is 497. The Morgan fingerprint density at radius 2 is 2.06 bits per heavy atom. The Hall–Kier alpha value is -2.10. The third kappa shape index (κ3) is 2.28. The van der Waals surface area contributed by atoms with Crippen molar-refractivity contribution in [2.75, 3.05) is 6.61 Å². The van der Waals surface area contributed by atoms with Gasteiger partial charge in [0, 0.05) is 11.8 Å². The van der Waals surface area contributed by atoms with Crippen LogP contribution < -0.4 is 10.3 Å². The van der Waals surface area contributed by atoms with Crippen molar-refractivity contribution >= 4 is 0 Å². The van der Waals surface area contributed by atoms with E-state index >= 15 is 0 Å². The Balaban J connectivity index is 2.27. The highest BCUT2D eigenvalue weighted by molar-refractivity contribution is 5.58. The molecule has 0 atom stereocenters. The summed E-state index contributed by atoms with van der Waals surface area (Å²) in [4.78, 5) is 17.5. The molecule has 1 N–H and O–H groups in total. The summed E-state index contributed by atoms with van der Waals surface area (Å²) in [6, 6.07) is 7.58. The molecule has 16 heavy (non-hydrogen) atoms. The first-order valence-electron chi connectivity index (χ1n) is 5.07. The van der Waals surface area contributed by atoms with Crippen molar-refractivity contribution < 1.29 is 4.74 Å². The van der Waals surface area contributed by atoms with Crippen LogP contribution in [0.25, 0.3) is 11.3 Å². The average Bonchev–Trinajstić information content (AvgIpc) is 2.32. The molecule has 82 valence electrons. The maximum Gasteiger partial charge on any atom is 0.266 e. The maximum absolute atomic E-state index is 10.9. The summed E-state index contributed by atoms with van der Waals surface area (Å²) in [5.74, 6) is 0.829. The zero-order valence-electron chi connectivity index (χ0n) is 8.93. The second kappa shape index (κ2) is 4.61. The topological polar surface area (TPSA) is 55.0 Å². The van der Waals surface area contributed by atoms with Crippen molar-refractivity contribution in [2.45, 2.75) is 6.92 Å². The van der Waals surface area contributed by atoms with Crippen LogP contribution in [0.2, 0.25) is 0 Å². The molecule has 1 heterocycles. The van der Waals surface area contributed by atoms with E-state index in [1.54, 1.807) is 6.20 Å². The molecule has 0 bridgehead atoms. The van der Waals surface area contributed by atoms with Crippen LogP contribution in [0.3, 0.4) is 0 Å². The van der Waals surface area contributed by atoms with Crippen LogP contribution in [0.15, 0.2) is 41.5 Å². The van der Waals surface area contributed by atoms with E-state index < -0.39 is 0 Å². The van der Waals surface area contributed by atoms with E-state index in [9.17, 15) is 4.79 Å². The molecule has 0 saturated heterocycles. The van der Waals surface area contributed by atoms with E-state index in [0.29, 0.717) is 6.61 Å². The van der Waals surface area contributed by atoms with Crippen LogP contribution in [0.1, 0.15) is 6.92 Å². The van der Waals surface area contributed by atoms with Gasteiger partial charge in [-0.05, 0) is 31.2 Å². The highest BCUT2D eigenvalue weighted by Gasteiger charge is 1.99. The second-order valence-electron chi connectivity index (χ2n) is 3.25. The minimum Gasteiger partial charge on any atom is -0.494 e. The zero-order chi connectivity index (χ0) is 11.4. The molecule has 0 unspecified atom stereocenters. The molecule has 0 aliphatic carbocycles. The highest BCUT2D eigenvalue weighted by Crippen LogP contribution is 2.19. The molecule has 0 spiro atoms. The summed E-state index contributed by atoms with van der Waals surface area (Å²) >= 11 is 0. The fraction of sp³-hybridized carbons (Fsp3) is 0.167. The zero-order valence-corrected chi connectivity index (χ0v) is 8.93. The van der Waals surface area contributed by atoms with Gasteiger partial charge in [0.05, 0.1) is 18.5 Å². The first-order chi connectivity index (χ1) is 7.79. The molecule has 0 radical (unpaired) electrons. The van der Waals surface area contributed by atoms with E-state index in [0.717, 1.165) is 17.0 Å². The van der Waals surface area contributed by atoms with Gasteiger partial charge in [-0.25, -0.2) is 4.98 Å². The van der Waals surface area contributed by atoms with E-state index in [1.165, 1.54) is 6.20 Å². The number of aromatic nitrogens is 2. The minimum atomic E-state index is -0.199. The number of H-pyrrole nitrogens is 1. The van der Waals surface area contributed by atoms with Crippen LogP contribution in [0.4, 0.5) is 0 Å². The van der Waals surface area contributed by atoms with Gasteiger partial charge in [-0.15, -0.1) is 0 Å². The van der Waals surface area contributed by atoms with Crippen molar-refractivity contribution in [1.82, 2.24) is 9.97 Å². The Morgan fingerprint density at radius 1 is 1.31 bits per heavy atom. The molecule has 1 aromatic carbocycles. The summed E-state index contributed by atoms with van der Waals surface area (Å²) < 4.78 is 5.34. The van der Waals surface area contributed by atoms with Crippen LogP contribution in [-0.2, 0) is 0 Å². The summed E-state index contributed by atoms with van der Waals surface area (Å²) in [5, 5.41) is 0. The van der Waals surface area contributed by atoms with Gasteiger partial charge in [0.15, 0.2) is 0 Å². The Morgan fingerprint density at radius 3 is 2.62 bits per heavy atom. The number of hydrogen-bond acceptors (Lipinski definition) is 3. The number of nitrogens with zero attached hydrogens (tertiary/aromatic N) is 1. The average molecular weight is 216 g/mol. The van der Waals surface area contributed by atoms with Gasteiger partial charge in [-0.1, -0.05) is 0 Å². The predicted octanol–water partition coefficient (Wildman–Crippen LogP) is 1.84. The van der Waals surface area contributed by atoms with Crippen molar-refractivity contribution in [2.24, 2.45) is 0 Å². The molecule has 2 rings (SSSR count).